The summed E-state index contributed by atoms with van der Waals surface area (Å²) in [5.41, 5.74) is 1.57. The lowest BCUT2D eigenvalue weighted by Gasteiger charge is -2.10. The maximum atomic E-state index is 13.2. The molecule has 2 aromatic heterocycles. The Kier molecular flexibility index (Phi) is 5.63. The number of amides is 1. The molecule has 2 aromatic carbocycles. The van der Waals surface area contributed by atoms with Crippen molar-refractivity contribution in [2.45, 2.75) is 6.92 Å². The highest BCUT2D eigenvalue weighted by atomic mass is 16.5. The molecule has 0 unspecified atom stereocenters. The van der Waals surface area contributed by atoms with Crippen molar-refractivity contribution < 1.29 is 14.3 Å². The molecule has 0 atom stereocenters. The molecule has 0 fully saturated rings. The van der Waals surface area contributed by atoms with E-state index in [0.29, 0.717) is 40.6 Å². The molecule has 4 aromatic rings. The van der Waals surface area contributed by atoms with Gasteiger partial charge >= 0.3 is 5.69 Å². The van der Waals surface area contributed by atoms with Gasteiger partial charge in [-0.25, -0.2) is 19.3 Å². The lowest BCUT2D eigenvalue weighted by atomic mass is 10.2. The van der Waals surface area contributed by atoms with Crippen LogP contribution in [0.5, 0.6) is 11.5 Å². The average molecular weight is 433 g/mol. The first-order valence-corrected chi connectivity index (χ1v) is 10.1. The van der Waals surface area contributed by atoms with Gasteiger partial charge < -0.3 is 14.8 Å². The second-order valence-electron chi connectivity index (χ2n) is 6.95. The quantitative estimate of drug-likeness (QED) is 0.502. The van der Waals surface area contributed by atoms with Crippen LogP contribution >= 0.6 is 0 Å². The third-order valence-electron chi connectivity index (χ3n) is 5.08. The molecule has 32 heavy (non-hydrogen) atoms. The fourth-order valence-corrected chi connectivity index (χ4v) is 3.55. The van der Waals surface area contributed by atoms with Crippen LogP contribution in [0.25, 0.3) is 28.2 Å². The van der Waals surface area contributed by atoms with Crippen molar-refractivity contribution in [1.82, 2.24) is 24.4 Å². The lowest BCUT2D eigenvalue weighted by Crippen LogP contribution is -2.23. The van der Waals surface area contributed by atoms with E-state index in [-0.39, 0.29) is 11.4 Å². The van der Waals surface area contributed by atoms with Crippen LogP contribution in [0.3, 0.4) is 0 Å². The van der Waals surface area contributed by atoms with Crippen molar-refractivity contribution in [1.29, 1.82) is 0 Å². The van der Waals surface area contributed by atoms with Crippen LogP contribution in [0.2, 0.25) is 0 Å². The van der Waals surface area contributed by atoms with Gasteiger partial charge in [0.15, 0.2) is 17.2 Å². The SMILES string of the molecule is CCOc1ccc(-c2nc(C(=O)NC)c3c(n2)n(-c2ccccc2OC)c(=O)n3C)cc1. The summed E-state index contributed by atoms with van der Waals surface area (Å²) in [6, 6.07) is 14.4. The number of rotatable bonds is 6. The third-order valence-corrected chi connectivity index (χ3v) is 5.08. The van der Waals surface area contributed by atoms with Crippen molar-refractivity contribution in [3.05, 3.63) is 64.7 Å². The van der Waals surface area contributed by atoms with E-state index < -0.39 is 5.91 Å². The first kappa shape index (κ1) is 21.1. The van der Waals surface area contributed by atoms with Gasteiger partial charge in [-0.05, 0) is 43.3 Å². The first-order valence-electron chi connectivity index (χ1n) is 10.1. The molecule has 9 heteroatoms. The van der Waals surface area contributed by atoms with Crippen LogP contribution in [0.1, 0.15) is 17.4 Å². The fraction of sp³-hybridized carbons (Fsp3) is 0.217. The summed E-state index contributed by atoms with van der Waals surface area (Å²) in [5, 5.41) is 2.60. The topological polar surface area (TPSA) is 100 Å². The smallest absolute Gasteiger partial charge is 0.334 e. The molecule has 0 saturated heterocycles. The molecule has 164 valence electrons. The number of imidazole rings is 1. The van der Waals surface area contributed by atoms with E-state index in [1.807, 2.05) is 37.3 Å². The molecule has 0 bridgehead atoms. The normalized spacial score (nSPS) is 10.9. The van der Waals surface area contributed by atoms with E-state index in [1.165, 1.54) is 23.3 Å². The molecular weight excluding hydrogens is 410 g/mol. The molecule has 0 aliphatic heterocycles. The fourth-order valence-electron chi connectivity index (χ4n) is 3.55. The molecule has 0 aliphatic rings. The third kappa shape index (κ3) is 3.47. The number of nitrogens with one attached hydrogen (secondary N) is 1. The highest BCUT2D eigenvalue weighted by Gasteiger charge is 2.24. The standard InChI is InChI=1S/C23H23N5O4/c1-5-32-15-12-10-14(11-13-15)20-25-18(22(29)24-2)19-21(26-20)28(23(30)27(19)3)16-8-6-7-9-17(16)31-4/h6-13H,5H2,1-4H3,(H,24,29). The Balaban J connectivity index is 2.04. The van der Waals surface area contributed by atoms with Gasteiger partial charge in [0.2, 0.25) is 0 Å². The summed E-state index contributed by atoms with van der Waals surface area (Å²) in [6.07, 6.45) is 0. The Bertz CT molecular complexity index is 1360. The average Bonchev–Trinajstić information content (AvgIpc) is 3.08. The summed E-state index contributed by atoms with van der Waals surface area (Å²) in [5.74, 6) is 1.12. The zero-order valence-electron chi connectivity index (χ0n) is 18.2. The van der Waals surface area contributed by atoms with Crippen molar-refractivity contribution in [2.24, 2.45) is 7.05 Å². The Hall–Kier alpha value is -4.14. The number of fused-ring (bicyclic) bond motifs is 1. The molecule has 4 rings (SSSR count). The van der Waals surface area contributed by atoms with Gasteiger partial charge in [0.1, 0.15) is 17.0 Å². The zero-order chi connectivity index (χ0) is 22.8. The lowest BCUT2D eigenvalue weighted by molar-refractivity contribution is 0.0959. The number of methoxy groups -OCH3 is 1. The number of benzene rings is 2. The summed E-state index contributed by atoms with van der Waals surface area (Å²) in [6.45, 7) is 2.46. The Labute approximate surface area is 184 Å². The van der Waals surface area contributed by atoms with Crippen molar-refractivity contribution >= 4 is 17.1 Å². The number of ether oxygens (including phenoxy) is 2. The van der Waals surface area contributed by atoms with Crippen LogP contribution in [0, 0.1) is 0 Å². The highest BCUT2D eigenvalue weighted by molar-refractivity contribution is 6.03. The Morgan fingerprint density at radius 3 is 2.47 bits per heavy atom. The minimum absolute atomic E-state index is 0.106. The van der Waals surface area contributed by atoms with Gasteiger partial charge in [0.05, 0.1) is 19.4 Å². The number of hydrogen-bond acceptors (Lipinski definition) is 6. The number of nitrogens with zero attached hydrogens (tertiary/aromatic N) is 4. The number of hydrogen-bond donors (Lipinski definition) is 1. The zero-order valence-corrected chi connectivity index (χ0v) is 18.2. The summed E-state index contributed by atoms with van der Waals surface area (Å²) < 4.78 is 13.8. The van der Waals surface area contributed by atoms with Gasteiger partial charge in [0.25, 0.3) is 5.91 Å². The molecule has 1 amide bonds. The summed E-state index contributed by atoms with van der Waals surface area (Å²) >= 11 is 0. The maximum absolute atomic E-state index is 13.2. The van der Waals surface area contributed by atoms with Crippen LogP contribution in [0.4, 0.5) is 0 Å². The molecule has 0 spiro atoms. The molecule has 0 aliphatic carbocycles. The number of aromatic nitrogens is 4. The first-order chi connectivity index (χ1) is 15.5. The van der Waals surface area contributed by atoms with E-state index in [9.17, 15) is 9.59 Å². The van der Waals surface area contributed by atoms with E-state index in [0.717, 1.165) is 5.75 Å². The van der Waals surface area contributed by atoms with Crippen molar-refractivity contribution in [2.75, 3.05) is 20.8 Å². The van der Waals surface area contributed by atoms with Crippen LogP contribution in [-0.2, 0) is 7.05 Å². The monoisotopic (exact) mass is 433 g/mol. The minimum atomic E-state index is -0.419. The van der Waals surface area contributed by atoms with E-state index in [2.05, 4.69) is 15.3 Å². The molecular formula is C23H23N5O4. The molecule has 1 N–H and O–H groups in total. The van der Waals surface area contributed by atoms with Crippen LogP contribution in [-0.4, -0.2) is 45.8 Å². The van der Waals surface area contributed by atoms with Crippen LogP contribution in [0.15, 0.2) is 53.3 Å². The minimum Gasteiger partial charge on any atom is -0.495 e. The predicted octanol–water partition coefficient (Wildman–Crippen LogP) is 2.55. The molecule has 9 nitrogen and oxygen atoms in total. The second kappa shape index (κ2) is 8.54. The van der Waals surface area contributed by atoms with Crippen molar-refractivity contribution in [3.63, 3.8) is 0 Å². The second-order valence-corrected chi connectivity index (χ2v) is 6.95. The van der Waals surface area contributed by atoms with E-state index in [4.69, 9.17) is 9.47 Å². The number of carbonyl (C=O) groups is 1. The predicted molar refractivity (Wildman–Crippen MR) is 121 cm³/mol. The maximum Gasteiger partial charge on any atom is 0.334 e. The van der Waals surface area contributed by atoms with E-state index >= 15 is 0 Å². The van der Waals surface area contributed by atoms with Gasteiger partial charge in [-0.1, -0.05) is 12.1 Å². The van der Waals surface area contributed by atoms with Gasteiger partial charge in [-0.3, -0.25) is 9.36 Å². The number of carbonyl (C=O) groups excluding carboxylic acids is 1. The Morgan fingerprint density at radius 1 is 1.09 bits per heavy atom. The molecule has 0 radical (unpaired) electrons. The van der Waals surface area contributed by atoms with Crippen molar-refractivity contribution in [3.8, 4) is 28.6 Å². The largest absolute Gasteiger partial charge is 0.495 e. The summed E-state index contributed by atoms with van der Waals surface area (Å²) in [7, 11) is 4.64. The van der Waals surface area contributed by atoms with Gasteiger partial charge in [0, 0.05) is 19.7 Å². The number of para-hydroxylation sites is 2. The summed E-state index contributed by atoms with van der Waals surface area (Å²) in [4.78, 5) is 35.1. The number of aryl methyl sites for hydroxylation is 1. The molecule has 0 saturated carbocycles. The van der Waals surface area contributed by atoms with Gasteiger partial charge in [-0.15, -0.1) is 0 Å². The van der Waals surface area contributed by atoms with Crippen LogP contribution < -0.4 is 20.5 Å². The van der Waals surface area contributed by atoms with E-state index in [1.54, 1.807) is 25.2 Å². The van der Waals surface area contributed by atoms with Gasteiger partial charge in [-0.2, -0.15) is 0 Å². The highest BCUT2D eigenvalue weighted by Crippen LogP contribution is 2.28. The molecule has 2 heterocycles. The Morgan fingerprint density at radius 2 is 1.81 bits per heavy atom.